The third-order valence-electron chi connectivity index (χ3n) is 4.50. The van der Waals surface area contributed by atoms with Gasteiger partial charge in [0.15, 0.2) is 0 Å². The highest BCUT2D eigenvalue weighted by Crippen LogP contribution is 2.34. The Hall–Kier alpha value is -3.93. The lowest BCUT2D eigenvalue weighted by atomic mass is 10.1. The molecule has 1 aliphatic carbocycles. The van der Waals surface area contributed by atoms with E-state index in [1.54, 1.807) is 48.5 Å². The minimum Gasteiger partial charge on any atom is -0.457 e. The highest BCUT2D eigenvalue weighted by molar-refractivity contribution is 5.99. The minimum absolute atomic E-state index is 0.0558. The fourth-order valence-electron chi connectivity index (χ4n) is 3.09. The fraction of sp³-hybridized carbons (Fsp3) is 0.0833. The molecule has 0 saturated heterocycles. The van der Waals surface area contributed by atoms with Crippen LogP contribution in [-0.2, 0) is 4.79 Å². The van der Waals surface area contributed by atoms with Crippen LogP contribution in [0.25, 0.3) is 10.8 Å². The molecule has 4 rings (SSSR count). The van der Waals surface area contributed by atoms with E-state index in [0.717, 1.165) is 5.39 Å². The number of halogens is 1. The number of hydrogen-bond acceptors (Lipinski definition) is 5. The van der Waals surface area contributed by atoms with Gasteiger partial charge in [0.05, 0.1) is 11.6 Å². The first kappa shape index (κ1) is 19.4. The lowest BCUT2D eigenvalue weighted by Gasteiger charge is -2.11. The van der Waals surface area contributed by atoms with Crippen LogP contribution in [0, 0.1) is 0 Å². The Kier molecular flexibility index (Phi) is 5.57. The SMILES string of the molecule is O=C(/C=C/C1=C(F)CCC=C1)Oc1cccc2cccc(OC(=O)c3ccco3)c12. The first-order valence-electron chi connectivity index (χ1n) is 9.34. The summed E-state index contributed by atoms with van der Waals surface area (Å²) < 4.78 is 29.8. The second-order valence-electron chi connectivity index (χ2n) is 6.53. The van der Waals surface area contributed by atoms with E-state index >= 15 is 0 Å². The lowest BCUT2D eigenvalue weighted by Crippen LogP contribution is -2.09. The highest BCUT2D eigenvalue weighted by Gasteiger charge is 2.16. The molecular weight excluding hydrogens is 387 g/mol. The van der Waals surface area contributed by atoms with E-state index < -0.39 is 11.9 Å². The van der Waals surface area contributed by atoms with Crippen molar-refractivity contribution in [2.24, 2.45) is 0 Å². The molecule has 0 radical (unpaired) electrons. The Morgan fingerprint density at radius 1 is 1.00 bits per heavy atom. The summed E-state index contributed by atoms with van der Waals surface area (Å²) in [6, 6.07) is 13.3. The largest absolute Gasteiger partial charge is 0.457 e. The smallest absolute Gasteiger partial charge is 0.379 e. The summed E-state index contributed by atoms with van der Waals surface area (Å²) in [7, 11) is 0. The Labute approximate surface area is 171 Å². The summed E-state index contributed by atoms with van der Waals surface area (Å²) in [6.07, 6.45) is 8.36. The zero-order valence-electron chi connectivity index (χ0n) is 15.8. The number of carbonyl (C=O) groups excluding carboxylic acids is 2. The van der Waals surface area contributed by atoms with E-state index in [0.29, 0.717) is 23.8 Å². The van der Waals surface area contributed by atoms with Crippen molar-refractivity contribution in [1.82, 2.24) is 0 Å². The van der Waals surface area contributed by atoms with Gasteiger partial charge >= 0.3 is 11.9 Å². The van der Waals surface area contributed by atoms with Crippen LogP contribution in [0.5, 0.6) is 11.5 Å². The molecular formula is C24H17FO5. The van der Waals surface area contributed by atoms with Crippen LogP contribution in [0.1, 0.15) is 23.4 Å². The van der Waals surface area contributed by atoms with Gasteiger partial charge in [-0.1, -0.05) is 36.4 Å². The summed E-state index contributed by atoms with van der Waals surface area (Å²) >= 11 is 0. The Balaban J connectivity index is 1.60. The zero-order valence-corrected chi connectivity index (χ0v) is 15.8. The molecule has 0 saturated carbocycles. The molecule has 0 spiro atoms. The van der Waals surface area contributed by atoms with Gasteiger partial charge in [-0.15, -0.1) is 0 Å². The maximum absolute atomic E-state index is 13.8. The summed E-state index contributed by atoms with van der Waals surface area (Å²) in [5, 5.41) is 1.18. The van der Waals surface area contributed by atoms with Crippen molar-refractivity contribution in [1.29, 1.82) is 0 Å². The Bertz CT molecular complexity index is 1180. The predicted molar refractivity (Wildman–Crippen MR) is 109 cm³/mol. The van der Waals surface area contributed by atoms with Crippen LogP contribution in [0.4, 0.5) is 4.39 Å². The highest BCUT2D eigenvalue weighted by atomic mass is 19.1. The maximum atomic E-state index is 13.8. The molecule has 0 fully saturated rings. The summed E-state index contributed by atoms with van der Waals surface area (Å²) in [5.41, 5.74) is 0.351. The molecule has 30 heavy (non-hydrogen) atoms. The number of benzene rings is 2. The van der Waals surface area contributed by atoms with E-state index in [2.05, 4.69) is 0 Å². The van der Waals surface area contributed by atoms with Crippen molar-refractivity contribution >= 4 is 22.7 Å². The molecule has 2 aromatic carbocycles. The van der Waals surface area contributed by atoms with Gasteiger partial charge in [0.2, 0.25) is 5.76 Å². The van der Waals surface area contributed by atoms with Gasteiger partial charge in [-0.2, -0.15) is 0 Å². The monoisotopic (exact) mass is 404 g/mol. The molecule has 1 heterocycles. The first-order chi connectivity index (χ1) is 14.6. The third kappa shape index (κ3) is 4.22. The van der Waals surface area contributed by atoms with Crippen molar-refractivity contribution in [3.63, 3.8) is 0 Å². The molecule has 150 valence electrons. The zero-order chi connectivity index (χ0) is 20.9. The van der Waals surface area contributed by atoms with Gasteiger partial charge in [-0.05, 0) is 42.1 Å². The quantitative estimate of drug-likeness (QED) is 0.311. The number of rotatable bonds is 5. The predicted octanol–water partition coefficient (Wildman–Crippen LogP) is 5.69. The van der Waals surface area contributed by atoms with E-state index in [1.165, 1.54) is 24.5 Å². The van der Waals surface area contributed by atoms with E-state index in [1.807, 2.05) is 6.08 Å². The van der Waals surface area contributed by atoms with Crippen LogP contribution >= 0.6 is 0 Å². The standard InChI is InChI=1S/C24H17FO5/c25-18-9-2-1-6-16(18)13-14-22(26)29-19-10-3-7-17-8-4-11-20(23(17)19)30-24(27)21-12-5-15-28-21/h1,3-8,10-15H,2,9H2/b14-13+. The van der Waals surface area contributed by atoms with Crippen LogP contribution in [0.3, 0.4) is 0 Å². The van der Waals surface area contributed by atoms with Crippen molar-refractivity contribution in [2.45, 2.75) is 12.8 Å². The maximum Gasteiger partial charge on any atom is 0.379 e. The van der Waals surface area contributed by atoms with Crippen molar-refractivity contribution < 1.29 is 27.9 Å². The van der Waals surface area contributed by atoms with E-state index in [-0.39, 0.29) is 23.1 Å². The minimum atomic E-state index is -0.672. The molecule has 0 aliphatic heterocycles. The van der Waals surface area contributed by atoms with Crippen molar-refractivity contribution in [2.75, 3.05) is 0 Å². The summed E-state index contributed by atoms with van der Waals surface area (Å²) in [6.45, 7) is 0. The first-order valence-corrected chi connectivity index (χ1v) is 9.34. The van der Waals surface area contributed by atoms with Crippen molar-refractivity contribution in [3.05, 3.63) is 96.3 Å². The number of fused-ring (bicyclic) bond motifs is 1. The molecule has 0 N–H and O–H groups in total. The third-order valence-corrected chi connectivity index (χ3v) is 4.50. The Morgan fingerprint density at radius 3 is 2.47 bits per heavy atom. The van der Waals surface area contributed by atoms with Gasteiger partial charge in [-0.25, -0.2) is 14.0 Å². The molecule has 0 unspecified atom stereocenters. The average molecular weight is 404 g/mol. The van der Waals surface area contributed by atoms with Crippen molar-refractivity contribution in [3.8, 4) is 11.5 Å². The van der Waals surface area contributed by atoms with Crippen LogP contribution in [-0.4, -0.2) is 11.9 Å². The summed E-state index contributed by atoms with van der Waals surface area (Å²) in [5.74, 6) is -1.10. The number of ether oxygens (including phenoxy) is 2. The van der Waals surface area contributed by atoms with Gasteiger partial charge < -0.3 is 13.9 Å². The molecule has 1 aromatic heterocycles. The van der Waals surface area contributed by atoms with Crippen LogP contribution in [0.2, 0.25) is 0 Å². The summed E-state index contributed by atoms with van der Waals surface area (Å²) in [4.78, 5) is 24.6. The Morgan fingerprint density at radius 2 is 1.77 bits per heavy atom. The van der Waals surface area contributed by atoms with Gasteiger partial charge in [0.1, 0.15) is 17.3 Å². The number of furan rings is 1. The molecule has 3 aromatic rings. The van der Waals surface area contributed by atoms with Gasteiger partial charge in [0.25, 0.3) is 0 Å². The topological polar surface area (TPSA) is 65.7 Å². The second kappa shape index (κ2) is 8.61. The molecule has 0 atom stereocenters. The van der Waals surface area contributed by atoms with Crippen LogP contribution < -0.4 is 9.47 Å². The lowest BCUT2D eigenvalue weighted by molar-refractivity contribution is -0.128. The average Bonchev–Trinajstić information content (AvgIpc) is 3.29. The van der Waals surface area contributed by atoms with Gasteiger partial charge in [0, 0.05) is 18.1 Å². The van der Waals surface area contributed by atoms with E-state index in [4.69, 9.17) is 13.9 Å². The van der Waals surface area contributed by atoms with Crippen LogP contribution in [0.15, 0.2) is 94.9 Å². The fourth-order valence-corrected chi connectivity index (χ4v) is 3.09. The van der Waals surface area contributed by atoms with Gasteiger partial charge in [-0.3, -0.25) is 0 Å². The number of esters is 2. The van der Waals surface area contributed by atoms with E-state index in [9.17, 15) is 14.0 Å². The molecule has 1 aliphatic rings. The molecule has 6 heteroatoms. The molecule has 5 nitrogen and oxygen atoms in total. The normalized spacial score (nSPS) is 13.8. The second-order valence-corrected chi connectivity index (χ2v) is 6.53. The molecule has 0 amide bonds. The number of allylic oxidation sites excluding steroid dienone is 5. The number of hydrogen-bond donors (Lipinski definition) is 0. The number of carbonyl (C=O) groups is 2. The molecule has 0 bridgehead atoms.